The van der Waals surface area contributed by atoms with Crippen molar-refractivity contribution in [2.45, 2.75) is 65.1 Å². The number of nitrogens with zero attached hydrogens (tertiary/aromatic N) is 2. The molecule has 2 atom stereocenters. The van der Waals surface area contributed by atoms with Crippen LogP contribution in [-0.2, 0) is 26.2 Å². The molecule has 0 unspecified atom stereocenters. The Hall–Kier alpha value is -2.78. The molecule has 8 nitrogen and oxygen atoms in total. The number of carbonyl (C=O) groups is 2. The standard InChI is InChI=1S/C27H38ClN3O5S/c1-6-20(3)29-27(33)25(7-2)30(19-21-11-8-9-12-24(21)28)26(32)13-10-18-31(37(5,34)35)22-14-16-23(36-4)17-15-22/h8-9,11-12,14-17,20,25H,6-7,10,13,18-19H2,1-5H3,(H,29,33)/t20-,25+/m0/s1. The van der Waals surface area contributed by atoms with Crippen molar-refractivity contribution in [1.82, 2.24) is 10.2 Å². The van der Waals surface area contributed by atoms with Crippen molar-refractivity contribution in [3.63, 3.8) is 0 Å². The van der Waals surface area contributed by atoms with Crippen LogP contribution in [0, 0.1) is 0 Å². The molecule has 37 heavy (non-hydrogen) atoms. The largest absolute Gasteiger partial charge is 0.497 e. The normalized spacial score (nSPS) is 12.9. The average Bonchev–Trinajstić information content (AvgIpc) is 2.86. The van der Waals surface area contributed by atoms with E-state index < -0.39 is 16.1 Å². The molecule has 0 aromatic heterocycles. The van der Waals surface area contributed by atoms with Gasteiger partial charge in [-0.1, -0.05) is 43.6 Å². The summed E-state index contributed by atoms with van der Waals surface area (Å²) >= 11 is 6.37. The topological polar surface area (TPSA) is 96.0 Å². The predicted octanol–water partition coefficient (Wildman–Crippen LogP) is 4.62. The third-order valence-corrected chi connectivity index (χ3v) is 7.76. The summed E-state index contributed by atoms with van der Waals surface area (Å²) in [6.07, 6.45) is 2.68. The lowest BCUT2D eigenvalue weighted by Crippen LogP contribution is -2.50. The summed E-state index contributed by atoms with van der Waals surface area (Å²) in [5.74, 6) is 0.159. The predicted molar refractivity (Wildman–Crippen MR) is 148 cm³/mol. The zero-order valence-electron chi connectivity index (χ0n) is 22.2. The number of carbonyl (C=O) groups excluding carboxylic acids is 2. The van der Waals surface area contributed by atoms with Gasteiger partial charge in [-0.3, -0.25) is 13.9 Å². The van der Waals surface area contributed by atoms with Crippen molar-refractivity contribution in [3.8, 4) is 5.75 Å². The number of hydrogen-bond acceptors (Lipinski definition) is 5. The first-order valence-electron chi connectivity index (χ1n) is 12.5. The molecular weight excluding hydrogens is 514 g/mol. The van der Waals surface area contributed by atoms with Gasteiger partial charge >= 0.3 is 0 Å². The molecule has 1 N–H and O–H groups in total. The Bertz CT molecular complexity index is 1140. The van der Waals surface area contributed by atoms with Gasteiger partial charge in [-0.2, -0.15) is 0 Å². The molecule has 0 spiro atoms. The first-order valence-corrected chi connectivity index (χ1v) is 14.7. The van der Waals surface area contributed by atoms with Gasteiger partial charge in [0.1, 0.15) is 11.8 Å². The van der Waals surface area contributed by atoms with E-state index in [1.54, 1.807) is 35.2 Å². The zero-order valence-corrected chi connectivity index (χ0v) is 23.8. The lowest BCUT2D eigenvalue weighted by Gasteiger charge is -2.32. The van der Waals surface area contributed by atoms with E-state index in [9.17, 15) is 18.0 Å². The van der Waals surface area contributed by atoms with Gasteiger partial charge in [0.2, 0.25) is 21.8 Å². The molecule has 0 bridgehead atoms. The molecule has 0 radical (unpaired) electrons. The number of sulfonamides is 1. The van der Waals surface area contributed by atoms with Crippen molar-refractivity contribution < 1.29 is 22.7 Å². The summed E-state index contributed by atoms with van der Waals surface area (Å²) in [6, 6.07) is 13.2. The Labute approximate surface area is 226 Å². The number of ether oxygens (including phenoxy) is 1. The maximum atomic E-state index is 13.5. The Kier molecular flexibility index (Phi) is 11.7. The minimum Gasteiger partial charge on any atom is -0.497 e. The quantitative estimate of drug-likeness (QED) is 0.370. The van der Waals surface area contributed by atoms with Crippen LogP contribution in [0.15, 0.2) is 48.5 Å². The number of benzene rings is 2. The number of rotatable bonds is 14. The zero-order chi connectivity index (χ0) is 27.6. The van der Waals surface area contributed by atoms with Crippen LogP contribution in [-0.4, -0.2) is 57.1 Å². The van der Waals surface area contributed by atoms with E-state index in [2.05, 4.69) is 5.32 Å². The van der Waals surface area contributed by atoms with E-state index >= 15 is 0 Å². The molecule has 0 fully saturated rings. The van der Waals surface area contributed by atoms with Gasteiger partial charge in [0.05, 0.1) is 19.1 Å². The average molecular weight is 552 g/mol. The highest BCUT2D eigenvalue weighted by Gasteiger charge is 2.29. The highest BCUT2D eigenvalue weighted by molar-refractivity contribution is 7.92. The number of amides is 2. The molecule has 2 rings (SSSR count). The Balaban J connectivity index is 2.23. The van der Waals surface area contributed by atoms with Gasteiger partial charge in [-0.05, 0) is 62.1 Å². The maximum Gasteiger partial charge on any atom is 0.243 e. The third-order valence-electron chi connectivity index (χ3n) is 6.20. The summed E-state index contributed by atoms with van der Waals surface area (Å²) in [5, 5.41) is 3.49. The van der Waals surface area contributed by atoms with Gasteiger partial charge in [0.15, 0.2) is 0 Å². The molecule has 2 aromatic carbocycles. The number of nitrogens with one attached hydrogen (secondary N) is 1. The van der Waals surface area contributed by atoms with E-state index in [1.165, 1.54) is 11.4 Å². The lowest BCUT2D eigenvalue weighted by molar-refractivity contribution is -0.141. The summed E-state index contributed by atoms with van der Waals surface area (Å²) in [5.41, 5.74) is 1.23. The van der Waals surface area contributed by atoms with E-state index in [-0.39, 0.29) is 43.8 Å². The number of halogens is 1. The highest BCUT2D eigenvalue weighted by Crippen LogP contribution is 2.23. The summed E-state index contributed by atoms with van der Waals surface area (Å²) < 4.78 is 31.4. The highest BCUT2D eigenvalue weighted by atomic mass is 35.5. The molecule has 2 aromatic rings. The van der Waals surface area contributed by atoms with E-state index in [1.807, 2.05) is 39.0 Å². The SMILES string of the molecule is CC[C@H](C(=O)N[C@@H](C)CC)N(Cc1ccccc1Cl)C(=O)CCCN(c1ccc(OC)cc1)S(C)(=O)=O. The van der Waals surface area contributed by atoms with Crippen LogP contribution < -0.4 is 14.4 Å². The van der Waals surface area contributed by atoms with E-state index in [4.69, 9.17) is 16.3 Å². The molecule has 0 aliphatic heterocycles. The fourth-order valence-corrected chi connectivity index (χ4v) is 5.08. The van der Waals surface area contributed by atoms with Crippen LogP contribution in [0.4, 0.5) is 5.69 Å². The molecule has 0 saturated carbocycles. The van der Waals surface area contributed by atoms with Crippen molar-refractivity contribution in [3.05, 3.63) is 59.1 Å². The van der Waals surface area contributed by atoms with Gasteiger partial charge in [0.25, 0.3) is 0 Å². The monoisotopic (exact) mass is 551 g/mol. The van der Waals surface area contributed by atoms with Crippen molar-refractivity contribution >= 4 is 39.1 Å². The van der Waals surface area contributed by atoms with Gasteiger partial charge in [-0.25, -0.2) is 8.42 Å². The van der Waals surface area contributed by atoms with Gasteiger partial charge in [-0.15, -0.1) is 0 Å². The Morgan fingerprint density at radius 2 is 1.70 bits per heavy atom. The maximum absolute atomic E-state index is 13.5. The minimum atomic E-state index is -3.57. The molecule has 0 aliphatic rings. The fraction of sp³-hybridized carbons (Fsp3) is 0.481. The summed E-state index contributed by atoms with van der Waals surface area (Å²) in [6.45, 7) is 6.06. The van der Waals surface area contributed by atoms with Crippen molar-refractivity contribution in [2.24, 2.45) is 0 Å². The third kappa shape index (κ3) is 8.93. The number of methoxy groups -OCH3 is 1. The van der Waals surface area contributed by atoms with Crippen LogP contribution in [0.25, 0.3) is 0 Å². The van der Waals surface area contributed by atoms with Crippen LogP contribution >= 0.6 is 11.6 Å². The molecule has 2 amide bonds. The van der Waals surface area contributed by atoms with Crippen LogP contribution in [0.1, 0.15) is 52.0 Å². The second kappa shape index (κ2) is 14.2. The van der Waals surface area contributed by atoms with Crippen LogP contribution in [0.2, 0.25) is 5.02 Å². The number of hydrogen-bond donors (Lipinski definition) is 1. The molecule has 0 aliphatic carbocycles. The first kappa shape index (κ1) is 30.4. The molecule has 10 heteroatoms. The fourth-order valence-electron chi connectivity index (χ4n) is 3.92. The molecular formula is C27H38ClN3O5S. The summed E-state index contributed by atoms with van der Waals surface area (Å²) in [4.78, 5) is 28.1. The van der Waals surface area contributed by atoms with Crippen LogP contribution in [0.3, 0.4) is 0 Å². The van der Waals surface area contributed by atoms with Crippen molar-refractivity contribution in [1.29, 1.82) is 0 Å². The van der Waals surface area contributed by atoms with Crippen molar-refractivity contribution in [2.75, 3.05) is 24.2 Å². The minimum absolute atomic E-state index is 0.0216. The first-order chi connectivity index (χ1) is 17.5. The molecule has 0 heterocycles. The number of anilines is 1. The van der Waals surface area contributed by atoms with E-state index in [0.717, 1.165) is 18.2 Å². The Morgan fingerprint density at radius 1 is 1.05 bits per heavy atom. The van der Waals surface area contributed by atoms with Gasteiger partial charge in [0, 0.05) is 30.6 Å². The molecule has 204 valence electrons. The summed E-state index contributed by atoms with van der Waals surface area (Å²) in [7, 11) is -2.04. The van der Waals surface area contributed by atoms with E-state index in [0.29, 0.717) is 22.9 Å². The van der Waals surface area contributed by atoms with Gasteiger partial charge < -0.3 is 15.0 Å². The lowest BCUT2D eigenvalue weighted by atomic mass is 10.1. The molecule has 0 saturated heterocycles. The second-order valence-corrected chi connectivity index (χ2v) is 11.3. The van der Waals surface area contributed by atoms with Crippen LogP contribution in [0.5, 0.6) is 5.75 Å². The Morgan fingerprint density at radius 3 is 2.24 bits per heavy atom. The smallest absolute Gasteiger partial charge is 0.243 e. The second-order valence-electron chi connectivity index (χ2n) is 8.99.